The number of nitrogens with zero attached hydrogens (tertiary/aromatic N) is 6. The van der Waals surface area contributed by atoms with Crippen LogP contribution in [0.15, 0.2) is 30.3 Å². The van der Waals surface area contributed by atoms with E-state index in [4.69, 9.17) is 14.8 Å². The van der Waals surface area contributed by atoms with Crippen LogP contribution < -0.4 is 0 Å². The van der Waals surface area contributed by atoms with Gasteiger partial charge < -0.3 is 4.74 Å². The number of esters is 1. The first-order chi connectivity index (χ1) is 18.8. The fourth-order valence-electron chi connectivity index (χ4n) is 5.90. The predicted molar refractivity (Wildman–Crippen MR) is 152 cm³/mol. The molecule has 0 aliphatic heterocycles. The van der Waals surface area contributed by atoms with Crippen LogP contribution in [0, 0.1) is 26.7 Å². The highest BCUT2D eigenvalue weighted by atomic mass is 16.5. The third-order valence-corrected chi connectivity index (χ3v) is 8.34. The van der Waals surface area contributed by atoms with Gasteiger partial charge in [-0.15, -0.1) is 5.10 Å². The number of hydrogen-bond acceptors (Lipinski definition) is 6. The first-order valence-corrected chi connectivity index (χ1v) is 14.3. The Morgan fingerprint density at radius 1 is 1.08 bits per heavy atom. The Labute approximate surface area is 230 Å². The summed E-state index contributed by atoms with van der Waals surface area (Å²) < 4.78 is 9.33. The normalized spacial score (nSPS) is 15.1. The minimum absolute atomic E-state index is 0.211. The van der Waals surface area contributed by atoms with Crippen LogP contribution in [0.4, 0.5) is 0 Å². The SMILES string of the molecule is CCOC(=O)C(Cc1ccc2c(nnn2C)c1C)c1ccc(C)c(Cn2nc(CC3CCCCC3)nc2C)c1. The van der Waals surface area contributed by atoms with Gasteiger partial charge in [-0.3, -0.25) is 4.79 Å². The van der Waals surface area contributed by atoms with Crippen molar-refractivity contribution >= 4 is 17.0 Å². The van der Waals surface area contributed by atoms with Crippen LogP contribution in [0.5, 0.6) is 0 Å². The molecular formula is C31H40N6O2. The van der Waals surface area contributed by atoms with E-state index in [1.807, 2.05) is 38.6 Å². The number of fused-ring (bicyclic) bond motifs is 1. The van der Waals surface area contributed by atoms with Crippen molar-refractivity contribution in [2.24, 2.45) is 13.0 Å². The second kappa shape index (κ2) is 11.7. The molecule has 1 aliphatic carbocycles. The summed E-state index contributed by atoms with van der Waals surface area (Å²) in [4.78, 5) is 18.0. The average Bonchev–Trinajstić information content (AvgIpc) is 3.47. The summed E-state index contributed by atoms with van der Waals surface area (Å²) in [6.45, 7) is 9.02. The highest BCUT2D eigenvalue weighted by Gasteiger charge is 2.25. The van der Waals surface area contributed by atoms with Crippen molar-refractivity contribution in [3.05, 3.63) is 69.8 Å². The number of hydrogen-bond donors (Lipinski definition) is 0. The summed E-state index contributed by atoms with van der Waals surface area (Å²) >= 11 is 0. The van der Waals surface area contributed by atoms with Gasteiger partial charge in [0.15, 0.2) is 5.82 Å². The summed E-state index contributed by atoms with van der Waals surface area (Å²) in [6, 6.07) is 10.4. The van der Waals surface area contributed by atoms with Crippen LogP contribution in [0.1, 0.15) is 84.4 Å². The average molecular weight is 529 g/mol. The van der Waals surface area contributed by atoms with Crippen LogP contribution in [0.3, 0.4) is 0 Å². The van der Waals surface area contributed by atoms with Crippen LogP contribution in [-0.2, 0) is 36.0 Å². The Bertz CT molecular complexity index is 1460. The van der Waals surface area contributed by atoms with E-state index in [1.165, 1.54) is 37.7 Å². The van der Waals surface area contributed by atoms with Crippen molar-refractivity contribution in [1.29, 1.82) is 0 Å². The summed E-state index contributed by atoms with van der Waals surface area (Å²) in [5, 5.41) is 13.4. The zero-order valence-corrected chi connectivity index (χ0v) is 23.9. The third kappa shape index (κ3) is 5.89. The molecule has 1 aliphatic rings. The maximum absolute atomic E-state index is 13.2. The summed E-state index contributed by atoms with van der Waals surface area (Å²) in [5.41, 5.74) is 7.23. The topological polar surface area (TPSA) is 87.7 Å². The number of carbonyl (C=O) groups excluding carboxylic acids is 1. The lowest BCUT2D eigenvalue weighted by molar-refractivity contribution is -0.144. The van der Waals surface area contributed by atoms with Gasteiger partial charge in [-0.2, -0.15) is 5.10 Å². The van der Waals surface area contributed by atoms with E-state index in [-0.39, 0.29) is 5.97 Å². The molecule has 0 N–H and O–H groups in total. The van der Waals surface area contributed by atoms with Crippen molar-refractivity contribution in [3.8, 4) is 0 Å². The Balaban J connectivity index is 1.41. The number of carbonyl (C=O) groups is 1. The van der Waals surface area contributed by atoms with E-state index in [0.717, 1.165) is 51.4 Å². The Morgan fingerprint density at radius 2 is 1.87 bits per heavy atom. The molecule has 0 saturated heterocycles. The molecule has 5 rings (SSSR count). The summed E-state index contributed by atoms with van der Waals surface area (Å²) in [5.74, 6) is 1.95. The van der Waals surface area contributed by atoms with Gasteiger partial charge in [0.25, 0.3) is 0 Å². The van der Waals surface area contributed by atoms with Gasteiger partial charge in [-0.05, 0) is 73.9 Å². The summed E-state index contributed by atoms with van der Waals surface area (Å²) in [6.07, 6.45) is 8.07. The maximum atomic E-state index is 13.2. The second-order valence-electron chi connectivity index (χ2n) is 11.1. The molecule has 1 fully saturated rings. The summed E-state index contributed by atoms with van der Waals surface area (Å²) in [7, 11) is 1.89. The molecule has 8 heteroatoms. The van der Waals surface area contributed by atoms with E-state index in [2.05, 4.69) is 41.5 Å². The zero-order valence-electron chi connectivity index (χ0n) is 23.9. The van der Waals surface area contributed by atoms with Gasteiger partial charge in [0.2, 0.25) is 0 Å². The quantitative estimate of drug-likeness (QED) is 0.265. The second-order valence-corrected chi connectivity index (χ2v) is 11.1. The third-order valence-electron chi connectivity index (χ3n) is 8.34. The number of aromatic nitrogens is 6. The van der Waals surface area contributed by atoms with Gasteiger partial charge in [0.1, 0.15) is 11.3 Å². The first-order valence-electron chi connectivity index (χ1n) is 14.3. The molecular weight excluding hydrogens is 488 g/mol. The number of ether oxygens (including phenoxy) is 1. The van der Waals surface area contributed by atoms with Crippen LogP contribution in [-0.4, -0.2) is 42.3 Å². The van der Waals surface area contributed by atoms with Crippen molar-refractivity contribution < 1.29 is 9.53 Å². The number of benzene rings is 2. The van der Waals surface area contributed by atoms with Gasteiger partial charge in [0.05, 0.1) is 24.6 Å². The van der Waals surface area contributed by atoms with E-state index >= 15 is 0 Å². The van der Waals surface area contributed by atoms with Gasteiger partial charge in [-0.1, -0.05) is 61.6 Å². The van der Waals surface area contributed by atoms with Crippen LogP contribution in [0.25, 0.3) is 11.0 Å². The molecule has 2 aromatic heterocycles. The first kappa shape index (κ1) is 27.0. The Hall–Kier alpha value is -3.55. The molecule has 0 spiro atoms. The van der Waals surface area contributed by atoms with Crippen LogP contribution >= 0.6 is 0 Å². The number of aryl methyl sites for hydroxylation is 4. The predicted octanol–water partition coefficient (Wildman–Crippen LogP) is 5.55. The molecule has 206 valence electrons. The standard InChI is InChI=1S/C31H40N6O2/c1-6-39-31(38)27(18-24-14-15-28-30(21(24)3)33-35-36(28)5)25-13-12-20(2)26(17-25)19-37-22(4)32-29(34-37)16-23-10-8-7-9-11-23/h12-15,17,23,27H,6-11,16,18-19H2,1-5H3. The molecule has 1 saturated carbocycles. The highest BCUT2D eigenvalue weighted by Crippen LogP contribution is 2.29. The van der Waals surface area contributed by atoms with Crippen molar-refractivity contribution in [2.75, 3.05) is 6.61 Å². The molecule has 1 unspecified atom stereocenters. The minimum atomic E-state index is -0.421. The van der Waals surface area contributed by atoms with E-state index < -0.39 is 5.92 Å². The molecule has 1 atom stereocenters. The number of rotatable bonds is 9. The molecule has 0 radical (unpaired) electrons. The van der Waals surface area contributed by atoms with E-state index in [9.17, 15) is 4.79 Å². The highest BCUT2D eigenvalue weighted by molar-refractivity contribution is 5.81. The maximum Gasteiger partial charge on any atom is 0.313 e. The monoisotopic (exact) mass is 528 g/mol. The fourth-order valence-corrected chi connectivity index (χ4v) is 5.90. The van der Waals surface area contributed by atoms with Crippen molar-refractivity contribution in [1.82, 2.24) is 29.8 Å². The minimum Gasteiger partial charge on any atom is -0.466 e. The largest absolute Gasteiger partial charge is 0.466 e. The van der Waals surface area contributed by atoms with Crippen molar-refractivity contribution in [2.45, 2.75) is 85.1 Å². The van der Waals surface area contributed by atoms with Crippen LogP contribution in [0.2, 0.25) is 0 Å². The van der Waals surface area contributed by atoms with Gasteiger partial charge >= 0.3 is 5.97 Å². The van der Waals surface area contributed by atoms with E-state index in [0.29, 0.717) is 25.5 Å². The van der Waals surface area contributed by atoms with Gasteiger partial charge in [-0.25, -0.2) is 14.3 Å². The van der Waals surface area contributed by atoms with Gasteiger partial charge in [0, 0.05) is 13.5 Å². The molecule has 39 heavy (non-hydrogen) atoms. The molecule has 4 aromatic rings. The molecule has 0 amide bonds. The molecule has 2 heterocycles. The fraction of sp³-hybridized carbons (Fsp3) is 0.516. The lowest BCUT2D eigenvalue weighted by Gasteiger charge is -2.20. The molecule has 2 aromatic carbocycles. The van der Waals surface area contributed by atoms with E-state index in [1.54, 1.807) is 4.68 Å². The lowest BCUT2D eigenvalue weighted by Crippen LogP contribution is -2.19. The lowest BCUT2D eigenvalue weighted by atomic mass is 9.87. The molecule has 8 nitrogen and oxygen atoms in total. The molecule has 0 bridgehead atoms. The smallest absolute Gasteiger partial charge is 0.313 e. The zero-order chi connectivity index (χ0) is 27.5. The Morgan fingerprint density at radius 3 is 2.64 bits per heavy atom. The van der Waals surface area contributed by atoms with Crippen molar-refractivity contribution in [3.63, 3.8) is 0 Å². The Kier molecular flexibility index (Phi) is 8.10.